The summed E-state index contributed by atoms with van der Waals surface area (Å²) in [5, 5.41) is 2.97. The summed E-state index contributed by atoms with van der Waals surface area (Å²) < 4.78 is 28.0. The molecular weight excluding hydrogens is 418 g/mol. The highest BCUT2D eigenvalue weighted by molar-refractivity contribution is 7.99. The summed E-state index contributed by atoms with van der Waals surface area (Å²) in [5.41, 5.74) is 0.642. The quantitative estimate of drug-likeness (QED) is 0.628. The molecule has 8 heteroatoms. The number of benzene rings is 2. The molecule has 0 aliphatic carbocycles. The zero-order chi connectivity index (χ0) is 21.4. The van der Waals surface area contributed by atoms with Gasteiger partial charge in [0.2, 0.25) is 11.8 Å². The van der Waals surface area contributed by atoms with Crippen LogP contribution >= 0.6 is 23.4 Å². The lowest BCUT2D eigenvalue weighted by Crippen LogP contribution is -2.48. The molecule has 2 aromatic rings. The third-order valence-electron chi connectivity index (χ3n) is 4.35. The Morgan fingerprint density at radius 1 is 1.14 bits per heavy atom. The maximum atomic E-state index is 14.1. The van der Waals surface area contributed by atoms with E-state index in [1.807, 2.05) is 0 Å². The van der Waals surface area contributed by atoms with Gasteiger partial charge in [-0.1, -0.05) is 35.9 Å². The standard InChI is InChI=1S/C21H23ClF2N2O2S/c1-3-25-21(28)14(2)26(11-15-7-4-5-9-18(15)23)20(27)13-29-12-16-17(22)8-6-10-19(16)24/h4-10,14H,3,11-13H2,1-2H3,(H,25,28)/t14-/m0/s1. The maximum Gasteiger partial charge on any atom is 0.242 e. The number of hydrogen-bond donors (Lipinski definition) is 1. The van der Waals surface area contributed by atoms with Crippen LogP contribution in [0.15, 0.2) is 42.5 Å². The summed E-state index contributed by atoms with van der Waals surface area (Å²) in [7, 11) is 0. The van der Waals surface area contributed by atoms with Crippen LogP contribution in [0.1, 0.15) is 25.0 Å². The number of carbonyl (C=O) groups excluding carboxylic acids is 2. The van der Waals surface area contributed by atoms with E-state index < -0.39 is 17.7 Å². The third kappa shape index (κ3) is 6.44. The Morgan fingerprint density at radius 3 is 2.48 bits per heavy atom. The van der Waals surface area contributed by atoms with Gasteiger partial charge in [0, 0.05) is 35.0 Å². The highest BCUT2D eigenvalue weighted by Gasteiger charge is 2.26. The molecule has 2 aromatic carbocycles. The number of carbonyl (C=O) groups is 2. The Kier molecular flexibility index (Phi) is 8.92. The van der Waals surface area contributed by atoms with E-state index in [2.05, 4.69) is 5.32 Å². The molecule has 1 N–H and O–H groups in total. The summed E-state index contributed by atoms with van der Waals surface area (Å²) in [6, 6.07) is 9.76. The Morgan fingerprint density at radius 2 is 1.83 bits per heavy atom. The zero-order valence-corrected chi connectivity index (χ0v) is 17.8. The highest BCUT2D eigenvalue weighted by Crippen LogP contribution is 2.24. The second-order valence-electron chi connectivity index (χ2n) is 6.38. The molecule has 1 atom stereocenters. The Labute approximate surface area is 178 Å². The van der Waals surface area contributed by atoms with Crippen molar-refractivity contribution >= 4 is 35.2 Å². The molecule has 0 aromatic heterocycles. The molecule has 0 saturated carbocycles. The summed E-state index contributed by atoms with van der Waals surface area (Å²) >= 11 is 7.20. The average molecular weight is 441 g/mol. The smallest absolute Gasteiger partial charge is 0.242 e. The summed E-state index contributed by atoms with van der Waals surface area (Å²) in [5.74, 6) is -1.33. The largest absolute Gasteiger partial charge is 0.355 e. The number of halogens is 3. The van der Waals surface area contributed by atoms with Gasteiger partial charge < -0.3 is 10.2 Å². The van der Waals surface area contributed by atoms with Crippen LogP contribution in [0.25, 0.3) is 0 Å². The van der Waals surface area contributed by atoms with E-state index in [1.165, 1.54) is 34.9 Å². The van der Waals surface area contributed by atoms with Crippen LogP contribution in [0.5, 0.6) is 0 Å². The number of thioether (sulfide) groups is 1. The number of hydrogen-bond acceptors (Lipinski definition) is 3. The average Bonchev–Trinajstić information content (AvgIpc) is 2.69. The van der Waals surface area contributed by atoms with Crippen molar-refractivity contribution in [2.24, 2.45) is 0 Å². The van der Waals surface area contributed by atoms with Gasteiger partial charge in [-0.25, -0.2) is 8.78 Å². The van der Waals surface area contributed by atoms with Crippen LogP contribution in [0.4, 0.5) is 8.78 Å². The predicted octanol–water partition coefficient (Wildman–Crippen LogP) is 4.40. The molecule has 0 spiro atoms. The van der Waals surface area contributed by atoms with E-state index in [4.69, 9.17) is 11.6 Å². The fraction of sp³-hybridized carbons (Fsp3) is 0.333. The van der Waals surface area contributed by atoms with Crippen molar-refractivity contribution in [3.8, 4) is 0 Å². The molecular formula is C21H23ClF2N2O2S. The molecule has 0 unspecified atom stereocenters. The summed E-state index contributed by atoms with van der Waals surface area (Å²) in [6.45, 7) is 3.76. The van der Waals surface area contributed by atoms with E-state index >= 15 is 0 Å². The van der Waals surface area contributed by atoms with Crippen LogP contribution < -0.4 is 5.32 Å². The van der Waals surface area contributed by atoms with E-state index in [1.54, 1.807) is 38.1 Å². The first-order valence-corrected chi connectivity index (χ1v) is 10.7. The number of nitrogens with one attached hydrogen (secondary N) is 1. The van der Waals surface area contributed by atoms with E-state index in [0.29, 0.717) is 22.7 Å². The molecule has 156 valence electrons. The lowest BCUT2D eigenvalue weighted by molar-refractivity contribution is -0.138. The van der Waals surface area contributed by atoms with Gasteiger partial charge in [-0.05, 0) is 32.0 Å². The van der Waals surface area contributed by atoms with Crippen molar-refractivity contribution in [2.75, 3.05) is 12.3 Å². The molecule has 29 heavy (non-hydrogen) atoms. The fourth-order valence-corrected chi connectivity index (χ4v) is 3.96. The molecule has 0 aliphatic rings. The molecule has 0 fully saturated rings. The van der Waals surface area contributed by atoms with Crippen molar-refractivity contribution in [2.45, 2.75) is 32.2 Å². The fourth-order valence-electron chi connectivity index (χ4n) is 2.71. The van der Waals surface area contributed by atoms with Gasteiger partial charge in [0.25, 0.3) is 0 Å². The summed E-state index contributed by atoms with van der Waals surface area (Å²) in [4.78, 5) is 26.5. The Balaban J connectivity index is 2.11. The molecule has 4 nitrogen and oxygen atoms in total. The third-order valence-corrected chi connectivity index (χ3v) is 5.65. The minimum Gasteiger partial charge on any atom is -0.355 e. The van der Waals surface area contributed by atoms with Crippen molar-refractivity contribution in [3.05, 3.63) is 70.2 Å². The van der Waals surface area contributed by atoms with E-state index in [0.717, 1.165) is 0 Å². The van der Waals surface area contributed by atoms with E-state index in [-0.39, 0.29) is 29.9 Å². The van der Waals surface area contributed by atoms with Crippen LogP contribution in [-0.4, -0.2) is 35.1 Å². The summed E-state index contributed by atoms with van der Waals surface area (Å²) in [6.07, 6.45) is 0. The highest BCUT2D eigenvalue weighted by atomic mass is 35.5. The van der Waals surface area contributed by atoms with Gasteiger partial charge in [-0.2, -0.15) is 0 Å². The van der Waals surface area contributed by atoms with Gasteiger partial charge in [-0.15, -0.1) is 11.8 Å². The van der Waals surface area contributed by atoms with Crippen LogP contribution in [0.3, 0.4) is 0 Å². The number of likely N-dealkylation sites (N-methyl/N-ethyl adjacent to an activating group) is 1. The zero-order valence-electron chi connectivity index (χ0n) is 16.3. The number of nitrogens with zero attached hydrogens (tertiary/aromatic N) is 1. The van der Waals surface area contributed by atoms with Crippen molar-refractivity contribution < 1.29 is 18.4 Å². The first-order valence-electron chi connectivity index (χ1n) is 9.16. The van der Waals surface area contributed by atoms with Crippen molar-refractivity contribution in [1.29, 1.82) is 0 Å². The lowest BCUT2D eigenvalue weighted by atomic mass is 10.1. The molecule has 0 radical (unpaired) electrons. The van der Waals surface area contributed by atoms with Crippen LogP contribution in [0.2, 0.25) is 5.02 Å². The minimum atomic E-state index is -0.778. The second-order valence-corrected chi connectivity index (χ2v) is 7.77. The lowest BCUT2D eigenvalue weighted by Gasteiger charge is -2.28. The second kappa shape index (κ2) is 11.2. The molecule has 0 bridgehead atoms. The normalized spacial score (nSPS) is 11.8. The van der Waals surface area contributed by atoms with Gasteiger partial charge in [0.15, 0.2) is 0 Å². The van der Waals surface area contributed by atoms with Gasteiger partial charge >= 0.3 is 0 Å². The Hall–Kier alpha value is -2.12. The molecule has 2 rings (SSSR count). The predicted molar refractivity (Wildman–Crippen MR) is 113 cm³/mol. The number of amides is 2. The number of rotatable bonds is 9. The topological polar surface area (TPSA) is 49.4 Å². The molecule has 2 amide bonds. The van der Waals surface area contributed by atoms with Crippen LogP contribution in [-0.2, 0) is 21.9 Å². The monoisotopic (exact) mass is 440 g/mol. The van der Waals surface area contributed by atoms with Gasteiger partial charge in [0.05, 0.1) is 5.75 Å². The first-order chi connectivity index (χ1) is 13.8. The van der Waals surface area contributed by atoms with Gasteiger partial charge in [0.1, 0.15) is 17.7 Å². The van der Waals surface area contributed by atoms with E-state index in [9.17, 15) is 18.4 Å². The van der Waals surface area contributed by atoms with Gasteiger partial charge in [-0.3, -0.25) is 9.59 Å². The SMILES string of the molecule is CCNC(=O)[C@H](C)N(Cc1ccccc1F)C(=O)CSCc1c(F)cccc1Cl. The minimum absolute atomic E-state index is 0.00284. The molecule has 0 aliphatic heterocycles. The van der Waals surface area contributed by atoms with Crippen molar-refractivity contribution in [3.63, 3.8) is 0 Å². The maximum absolute atomic E-state index is 14.1. The molecule has 0 heterocycles. The molecule has 0 saturated heterocycles. The first kappa shape index (κ1) is 23.2. The Bertz CT molecular complexity index is 846. The van der Waals surface area contributed by atoms with Crippen LogP contribution in [0, 0.1) is 11.6 Å². The van der Waals surface area contributed by atoms with Crippen molar-refractivity contribution in [1.82, 2.24) is 10.2 Å².